The topological polar surface area (TPSA) is 68.4 Å². The maximum absolute atomic E-state index is 13.3. The summed E-state index contributed by atoms with van der Waals surface area (Å²) in [7, 11) is 0. The molecule has 1 aromatic heterocycles. The zero-order valence-corrected chi connectivity index (χ0v) is 12.3. The summed E-state index contributed by atoms with van der Waals surface area (Å²) in [5, 5.41) is 0. The molecule has 0 saturated carbocycles. The number of aromatic nitrogens is 1. The highest BCUT2D eigenvalue weighted by Gasteiger charge is 2.15. The van der Waals surface area contributed by atoms with Crippen molar-refractivity contribution < 1.29 is 18.7 Å². The predicted octanol–water partition coefficient (Wildman–Crippen LogP) is 2.37. The molecule has 0 aliphatic rings. The number of rotatable bonds is 5. The third-order valence-corrected chi connectivity index (χ3v) is 2.98. The Morgan fingerprint density at radius 3 is 2.64 bits per heavy atom. The maximum Gasteiger partial charge on any atom is 0.344 e. The van der Waals surface area contributed by atoms with E-state index in [9.17, 15) is 14.0 Å². The fourth-order valence-electron chi connectivity index (χ4n) is 2.03. The first-order valence-corrected chi connectivity index (χ1v) is 6.74. The van der Waals surface area contributed by atoms with Crippen LogP contribution < -0.4 is 10.3 Å². The molecule has 0 radical (unpaired) electrons. The van der Waals surface area contributed by atoms with Gasteiger partial charge in [0.25, 0.3) is 5.56 Å². The van der Waals surface area contributed by atoms with Crippen molar-refractivity contribution in [3.63, 3.8) is 0 Å². The number of benzene rings is 1. The lowest BCUT2D eigenvalue weighted by Gasteiger charge is -2.09. The molecule has 2 rings (SSSR count). The lowest BCUT2D eigenvalue weighted by atomic mass is 10.1. The molecule has 1 aromatic carbocycles. The molecule has 1 heterocycles. The van der Waals surface area contributed by atoms with E-state index in [1.807, 2.05) is 0 Å². The van der Waals surface area contributed by atoms with Gasteiger partial charge in [-0.05, 0) is 37.6 Å². The first-order valence-electron chi connectivity index (χ1n) is 6.74. The standard InChI is InChI=1S/C16H16FNO4/c1-10-9-11(2)18-15(19)14(10)16(20)22-8-7-21-13-6-4-3-5-12(13)17/h3-6,9H,7-8H2,1-2H3,(H,18,19). The Labute approximate surface area is 126 Å². The van der Waals surface area contributed by atoms with Crippen LogP contribution in [0.1, 0.15) is 21.6 Å². The Morgan fingerprint density at radius 2 is 1.95 bits per heavy atom. The van der Waals surface area contributed by atoms with Crippen LogP contribution in [-0.2, 0) is 4.74 Å². The van der Waals surface area contributed by atoms with E-state index in [0.29, 0.717) is 11.3 Å². The number of para-hydroxylation sites is 1. The number of aryl methyl sites for hydroxylation is 2. The highest BCUT2D eigenvalue weighted by Crippen LogP contribution is 2.15. The second kappa shape index (κ2) is 6.89. The fraction of sp³-hybridized carbons (Fsp3) is 0.250. The van der Waals surface area contributed by atoms with Gasteiger partial charge in [-0.2, -0.15) is 0 Å². The van der Waals surface area contributed by atoms with Crippen molar-refractivity contribution in [1.82, 2.24) is 4.98 Å². The lowest BCUT2D eigenvalue weighted by Crippen LogP contribution is -2.23. The van der Waals surface area contributed by atoms with Crippen molar-refractivity contribution in [2.24, 2.45) is 0 Å². The van der Waals surface area contributed by atoms with E-state index in [2.05, 4.69) is 4.98 Å². The molecule has 2 aromatic rings. The van der Waals surface area contributed by atoms with Crippen molar-refractivity contribution in [2.75, 3.05) is 13.2 Å². The summed E-state index contributed by atoms with van der Waals surface area (Å²) in [6.07, 6.45) is 0. The second-order valence-electron chi connectivity index (χ2n) is 4.75. The van der Waals surface area contributed by atoms with E-state index in [-0.39, 0.29) is 24.5 Å². The monoisotopic (exact) mass is 305 g/mol. The van der Waals surface area contributed by atoms with Gasteiger partial charge < -0.3 is 14.5 Å². The maximum atomic E-state index is 13.3. The third-order valence-electron chi connectivity index (χ3n) is 2.98. The summed E-state index contributed by atoms with van der Waals surface area (Å²) in [5.74, 6) is -1.13. The lowest BCUT2D eigenvalue weighted by molar-refractivity contribution is 0.0445. The van der Waals surface area contributed by atoms with Crippen molar-refractivity contribution >= 4 is 5.97 Å². The van der Waals surface area contributed by atoms with Crippen LogP contribution in [0.5, 0.6) is 5.75 Å². The van der Waals surface area contributed by atoms with Crippen LogP contribution in [0.15, 0.2) is 35.1 Å². The molecule has 0 aliphatic heterocycles. The summed E-state index contributed by atoms with van der Waals surface area (Å²) in [4.78, 5) is 26.2. The predicted molar refractivity (Wildman–Crippen MR) is 78.7 cm³/mol. The highest BCUT2D eigenvalue weighted by atomic mass is 19.1. The van der Waals surface area contributed by atoms with Gasteiger partial charge in [0.05, 0.1) is 0 Å². The van der Waals surface area contributed by atoms with E-state index in [0.717, 1.165) is 0 Å². The summed E-state index contributed by atoms with van der Waals surface area (Å²) in [6, 6.07) is 7.63. The van der Waals surface area contributed by atoms with Gasteiger partial charge in [0.1, 0.15) is 18.8 Å². The van der Waals surface area contributed by atoms with E-state index >= 15 is 0 Å². The van der Waals surface area contributed by atoms with Crippen molar-refractivity contribution in [1.29, 1.82) is 0 Å². The number of carbonyl (C=O) groups is 1. The van der Waals surface area contributed by atoms with Gasteiger partial charge in [-0.25, -0.2) is 9.18 Å². The van der Waals surface area contributed by atoms with Crippen LogP contribution in [0.2, 0.25) is 0 Å². The van der Waals surface area contributed by atoms with Crippen LogP contribution in [0, 0.1) is 19.7 Å². The number of esters is 1. The van der Waals surface area contributed by atoms with Gasteiger partial charge >= 0.3 is 5.97 Å². The Hall–Kier alpha value is -2.63. The molecule has 0 bridgehead atoms. The number of H-pyrrole nitrogens is 1. The minimum absolute atomic E-state index is 0.00448. The normalized spacial score (nSPS) is 10.3. The third kappa shape index (κ3) is 3.72. The molecular weight excluding hydrogens is 289 g/mol. The van der Waals surface area contributed by atoms with E-state index in [1.165, 1.54) is 12.1 Å². The van der Waals surface area contributed by atoms with Crippen molar-refractivity contribution in [2.45, 2.75) is 13.8 Å². The van der Waals surface area contributed by atoms with Gasteiger partial charge in [0.2, 0.25) is 0 Å². The van der Waals surface area contributed by atoms with Crippen LogP contribution in [-0.4, -0.2) is 24.2 Å². The number of nitrogens with one attached hydrogen (secondary N) is 1. The second-order valence-corrected chi connectivity index (χ2v) is 4.75. The van der Waals surface area contributed by atoms with E-state index in [4.69, 9.17) is 9.47 Å². The molecule has 116 valence electrons. The zero-order chi connectivity index (χ0) is 16.1. The first-order chi connectivity index (χ1) is 10.5. The molecule has 22 heavy (non-hydrogen) atoms. The Balaban J connectivity index is 1.92. The molecule has 0 saturated heterocycles. The number of hydrogen-bond donors (Lipinski definition) is 1. The number of hydrogen-bond acceptors (Lipinski definition) is 4. The Bertz CT molecular complexity index is 739. The number of halogens is 1. The zero-order valence-electron chi connectivity index (χ0n) is 12.3. The summed E-state index contributed by atoms with van der Waals surface area (Å²) in [5.41, 5.74) is 0.692. The van der Waals surface area contributed by atoms with Crippen molar-refractivity contribution in [3.05, 3.63) is 63.3 Å². The smallest absolute Gasteiger partial charge is 0.344 e. The molecule has 0 amide bonds. The Kier molecular flexibility index (Phi) is 4.93. The number of aromatic amines is 1. The fourth-order valence-corrected chi connectivity index (χ4v) is 2.03. The molecule has 0 spiro atoms. The van der Waals surface area contributed by atoms with Gasteiger partial charge in [0.15, 0.2) is 11.6 Å². The molecular formula is C16H16FNO4. The average molecular weight is 305 g/mol. The molecule has 0 aliphatic carbocycles. The summed E-state index contributed by atoms with van der Waals surface area (Å²) in [6.45, 7) is 3.30. The van der Waals surface area contributed by atoms with Crippen LogP contribution in [0.25, 0.3) is 0 Å². The Morgan fingerprint density at radius 1 is 1.23 bits per heavy atom. The first kappa shape index (κ1) is 15.8. The van der Waals surface area contributed by atoms with E-state index < -0.39 is 17.3 Å². The van der Waals surface area contributed by atoms with E-state index in [1.54, 1.807) is 32.0 Å². The SMILES string of the molecule is Cc1cc(C)c(C(=O)OCCOc2ccccc2F)c(=O)[nH]1. The minimum atomic E-state index is -0.726. The summed E-state index contributed by atoms with van der Waals surface area (Å²) < 4.78 is 23.5. The highest BCUT2D eigenvalue weighted by molar-refractivity contribution is 5.90. The van der Waals surface area contributed by atoms with Crippen LogP contribution >= 0.6 is 0 Å². The molecule has 6 heteroatoms. The van der Waals surface area contributed by atoms with Gasteiger partial charge in [-0.1, -0.05) is 12.1 Å². The van der Waals surface area contributed by atoms with Crippen molar-refractivity contribution in [3.8, 4) is 5.75 Å². The van der Waals surface area contributed by atoms with Crippen LogP contribution in [0.3, 0.4) is 0 Å². The average Bonchev–Trinajstić information content (AvgIpc) is 2.44. The molecule has 0 fully saturated rings. The summed E-state index contributed by atoms with van der Waals surface area (Å²) >= 11 is 0. The minimum Gasteiger partial charge on any atom is -0.487 e. The molecule has 5 nitrogen and oxygen atoms in total. The molecule has 0 unspecified atom stereocenters. The molecule has 1 N–H and O–H groups in total. The van der Waals surface area contributed by atoms with Crippen LogP contribution in [0.4, 0.5) is 4.39 Å². The van der Waals surface area contributed by atoms with Gasteiger partial charge in [-0.15, -0.1) is 0 Å². The number of pyridine rings is 1. The van der Waals surface area contributed by atoms with Gasteiger partial charge in [-0.3, -0.25) is 4.79 Å². The number of ether oxygens (including phenoxy) is 2. The van der Waals surface area contributed by atoms with Gasteiger partial charge in [0, 0.05) is 5.69 Å². The number of carbonyl (C=O) groups excluding carboxylic acids is 1. The molecule has 0 atom stereocenters. The quantitative estimate of drug-likeness (QED) is 0.680. The largest absolute Gasteiger partial charge is 0.487 e.